The number of primary amides is 1. The Balaban J connectivity index is 2.83. The van der Waals surface area contributed by atoms with Gasteiger partial charge in [0.05, 0.1) is 0 Å². The van der Waals surface area contributed by atoms with E-state index in [9.17, 15) is 14.4 Å². The van der Waals surface area contributed by atoms with Crippen molar-refractivity contribution in [1.29, 1.82) is 0 Å². The van der Waals surface area contributed by atoms with Crippen molar-refractivity contribution in [1.82, 2.24) is 9.80 Å². The molecule has 1 aliphatic rings. The average Bonchev–Trinajstić information content (AvgIpc) is 2.37. The van der Waals surface area contributed by atoms with E-state index in [1.165, 1.54) is 11.0 Å². The number of piperidine rings is 1. The van der Waals surface area contributed by atoms with Crippen LogP contribution in [-0.2, 0) is 9.59 Å². The molecule has 1 saturated heterocycles. The van der Waals surface area contributed by atoms with Gasteiger partial charge in [-0.15, -0.1) is 6.58 Å². The first-order chi connectivity index (χ1) is 8.97. The predicted octanol–water partition coefficient (Wildman–Crippen LogP) is 0.0188. The summed E-state index contributed by atoms with van der Waals surface area (Å²) >= 11 is 0. The Morgan fingerprint density at radius 3 is 2.63 bits per heavy atom. The zero-order valence-electron chi connectivity index (χ0n) is 10.7. The molecule has 3 amide bonds. The van der Waals surface area contributed by atoms with Crippen LogP contribution < -0.4 is 5.73 Å². The second kappa shape index (κ2) is 6.77. The third-order valence-corrected chi connectivity index (χ3v) is 3.02. The van der Waals surface area contributed by atoms with Crippen LogP contribution in [0.4, 0.5) is 4.79 Å². The van der Waals surface area contributed by atoms with Crippen LogP contribution in [0.3, 0.4) is 0 Å². The van der Waals surface area contributed by atoms with E-state index in [0.717, 1.165) is 17.7 Å². The molecular weight excluding hydrogens is 250 g/mol. The summed E-state index contributed by atoms with van der Waals surface area (Å²) in [6, 6.07) is -1.13. The van der Waals surface area contributed by atoms with E-state index < -0.39 is 30.5 Å². The monoisotopic (exact) mass is 269 g/mol. The number of carbonyl (C=O) groups excluding carboxylic acids is 2. The van der Waals surface area contributed by atoms with Gasteiger partial charge in [-0.2, -0.15) is 0 Å². The Hall–Kier alpha value is -2.05. The first kappa shape index (κ1) is 15.0. The minimum atomic E-state index is -1.11. The zero-order chi connectivity index (χ0) is 14.4. The average molecular weight is 269 g/mol. The number of carbonyl (C=O) groups is 3. The second-order valence-electron chi connectivity index (χ2n) is 4.45. The molecule has 1 rings (SSSR count). The van der Waals surface area contributed by atoms with Crippen LogP contribution in [0.1, 0.15) is 19.3 Å². The Kier molecular flexibility index (Phi) is 5.35. The lowest BCUT2D eigenvalue weighted by Crippen LogP contribution is -2.55. The van der Waals surface area contributed by atoms with Crippen molar-refractivity contribution in [3.05, 3.63) is 12.7 Å². The van der Waals surface area contributed by atoms with E-state index in [1.54, 1.807) is 0 Å². The molecule has 1 unspecified atom stereocenters. The minimum Gasteiger partial charge on any atom is -0.480 e. The van der Waals surface area contributed by atoms with Gasteiger partial charge in [0, 0.05) is 13.1 Å². The highest BCUT2D eigenvalue weighted by Crippen LogP contribution is 2.18. The highest BCUT2D eigenvalue weighted by Gasteiger charge is 2.33. The molecule has 0 bridgehead atoms. The fraction of sp³-hybridized carbons (Fsp3) is 0.583. The second-order valence-corrected chi connectivity index (χ2v) is 4.45. The highest BCUT2D eigenvalue weighted by atomic mass is 16.4. The Bertz CT molecular complexity index is 383. The molecule has 0 saturated carbocycles. The van der Waals surface area contributed by atoms with Gasteiger partial charge in [-0.1, -0.05) is 6.08 Å². The van der Waals surface area contributed by atoms with E-state index in [4.69, 9.17) is 10.8 Å². The standard InChI is InChI=1S/C12H19N3O4/c1-2-6-14(8-10(16)17)12(19)15-7-4-3-5-9(15)11(13)18/h2,9H,1,3-8H2,(H2,13,18)(H,16,17). The predicted molar refractivity (Wildman–Crippen MR) is 68.3 cm³/mol. The Labute approximate surface area is 111 Å². The van der Waals surface area contributed by atoms with Gasteiger partial charge in [0.2, 0.25) is 5.91 Å². The number of aliphatic carboxylic acids is 1. The summed E-state index contributed by atoms with van der Waals surface area (Å²) in [6.45, 7) is 3.60. The minimum absolute atomic E-state index is 0.118. The molecule has 1 fully saturated rings. The van der Waals surface area contributed by atoms with Gasteiger partial charge in [-0.25, -0.2) is 4.79 Å². The molecule has 0 radical (unpaired) electrons. The first-order valence-electron chi connectivity index (χ1n) is 6.15. The van der Waals surface area contributed by atoms with E-state index >= 15 is 0 Å². The largest absolute Gasteiger partial charge is 0.480 e. The quantitative estimate of drug-likeness (QED) is 0.686. The molecule has 0 spiro atoms. The van der Waals surface area contributed by atoms with Crippen molar-refractivity contribution in [2.45, 2.75) is 25.3 Å². The maximum atomic E-state index is 12.3. The maximum absolute atomic E-state index is 12.3. The first-order valence-corrected chi connectivity index (χ1v) is 6.15. The molecular formula is C12H19N3O4. The van der Waals surface area contributed by atoms with E-state index in [1.807, 2.05) is 0 Å². The summed E-state index contributed by atoms with van der Waals surface area (Å²) in [6.07, 6.45) is 3.59. The molecule has 106 valence electrons. The molecule has 0 aliphatic carbocycles. The molecule has 19 heavy (non-hydrogen) atoms. The molecule has 1 atom stereocenters. The molecule has 1 aliphatic heterocycles. The number of hydrogen-bond acceptors (Lipinski definition) is 3. The lowest BCUT2D eigenvalue weighted by Gasteiger charge is -2.36. The van der Waals surface area contributed by atoms with Crippen LogP contribution in [0, 0.1) is 0 Å². The van der Waals surface area contributed by atoms with Gasteiger partial charge in [0.1, 0.15) is 12.6 Å². The van der Waals surface area contributed by atoms with Crippen LogP contribution in [0.15, 0.2) is 12.7 Å². The van der Waals surface area contributed by atoms with Crippen molar-refractivity contribution < 1.29 is 19.5 Å². The number of hydrogen-bond donors (Lipinski definition) is 2. The lowest BCUT2D eigenvalue weighted by molar-refractivity contribution is -0.137. The third kappa shape index (κ3) is 3.97. The molecule has 7 nitrogen and oxygen atoms in total. The number of nitrogens with zero attached hydrogens (tertiary/aromatic N) is 2. The molecule has 0 aromatic rings. The van der Waals surface area contributed by atoms with Crippen LogP contribution in [0.2, 0.25) is 0 Å². The Morgan fingerprint density at radius 1 is 1.42 bits per heavy atom. The number of urea groups is 1. The maximum Gasteiger partial charge on any atom is 0.323 e. The number of likely N-dealkylation sites (tertiary alicyclic amines) is 1. The van der Waals surface area contributed by atoms with Crippen LogP contribution >= 0.6 is 0 Å². The molecule has 7 heteroatoms. The normalized spacial score (nSPS) is 18.7. The van der Waals surface area contributed by atoms with Crippen molar-refractivity contribution in [3.8, 4) is 0 Å². The van der Waals surface area contributed by atoms with Crippen molar-refractivity contribution in [2.75, 3.05) is 19.6 Å². The number of amides is 3. The molecule has 3 N–H and O–H groups in total. The number of carboxylic acid groups (broad SMARTS) is 1. The number of nitrogens with two attached hydrogens (primary N) is 1. The SMILES string of the molecule is C=CCN(CC(=O)O)C(=O)N1CCCCC1C(N)=O. The smallest absolute Gasteiger partial charge is 0.323 e. The lowest BCUT2D eigenvalue weighted by atomic mass is 10.0. The number of carboxylic acids is 1. The summed E-state index contributed by atoms with van der Waals surface area (Å²) in [5.74, 6) is -1.66. The van der Waals surface area contributed by atoms with Gasteiger partial charge < -0.3 is 20.6 Å². The van der Waals surface area contributed by atoms with Crippen LogP contribution in [0.25, 0.3) is 0 Å². The van der Waals surface area contributed by atoms with Crippen LogP contribution in [0.5, 0.6) is 0 Å². The Morgan fingerprint density at radius 2 is 2.11 bits per heavy atom. The number of rotatable bonds is 5. The highest BCUT2D eigenvalue weighted by molar-refractivity contribution is 5.87. The van der Waals surface area contributed by atoms with Crippen molar-refractivity contribution in [3.63, 3.8) is 0 Å². The summed E-state index contributed by atoms with van der Waals surface area (Å²) in [7, 11) is 0. The zero-order valence-corrected chi connectivity index (χ0v) is 10.7. The van der Waals surface area contributed by atoms with Gasteiger partial charge >= 0.3 is 12.0 Å². The van der Waals surface area contributed by atoms with Gasteiger partial charge in [-0.3, -0.25) is 9.59 Å². The van der Waals surface area contributed by atoms with Crippen molar-refractivity contribution in [2.24, 2.45) is 5.73 Å². The molecule has 0 aromatic heterocycles. The molecule has 0 aromatic carbocycles. The topological polar surface area (TPSA) is 104 Å². The van der Waals surface area contributed by atoms with Gasteiger partial charge in [-0.05, 0) is 19.3 Å². The molecule has 1 heterocycles. The fourth-order valence-corrected chi connectivity index (χ4v) is 2.17. The van der Waals surface area contributed by atoms with Gasteiger partial charge in [0.25, 0.3) is 0 Å². The summed E-state index contributed by atoms with van der Waals surface area (Å²) < 4.78 is 0. The van der Waals surface area contributed by atoms with Gasteiger partial charge in [0.15, 0.2) is 0 Å². The van der Waals surface area contributed by atoms with E-state index in [0.29, 0.717) is 13.0 Å². The van der Waals surface area contributed by atoms with Crippen LogP contribution in [-0.4, -0.2) is 58.5 Å². The van der Waals surface area contributed by atoms with E-state index in [2.05, 4.69) is 6.58 Å². The summed E-state index contributed by atoms with van der Waals surface area (Å²) in [4.78, 5) is 36.9. The fourth-order valence-electron chi connectivity index (χ4n) is 2.17. The summed E-state index contributed by atoms with van der Waals surface area (Å²) in [5.41, 5.74) is 5.28. The third-order valence-electron chi connectivity index (χ3n) is 3.02. The summed E-state index contributed by atoms with van der Waals surface area (Å²) in [5, 5.41) is 8.79. The van der Waals surface area contributed by atoms with Crippen molar-refractivity contribution >= 4 is 17.9 Å². The van der Waals surface area contributed by atoms with E-state index in [-0.39, 0.29) is 6.54 Å².